The van der Waals surface area contributed by atoms with Gasteiger partial charge < -0.3 is 10.2 Å². The summed E-state index contributed by atoms with van der Waals surface area (Å²) in [6.07, 6.45) is 0.646. The predicted octanol–water partition coefficient (Wildman–Crippen LogP) is 1.57. The van der Waals surface area contributed by atoms with Crippen molar-refractivity contribution >= 4 is 27.2 Å². The maximum Gasteiger partial charge on any atom is 0.169 e. The topological polar surface area (TPSA) is 67.2 Å². The standard InChI is InChI=1S/C15H26N4O2S2/c1-10(2)16-15(22)18(5)8-14-11(3)17-19(12(14)4)13-6-7-23(20,21)9-13/h10,13H,6-9H2,1-5H3,(H,16,22)/t13-/m1/s1. The van der Waals surface area contributed by atoms with E-state index in [0.717, 1.165) is 17.0 Å². The first kappa shape index (κ1) is 18.2. The van der Waals surface area contributed by atoms with Crippen molar-refractivity contribution < 1.29 is 8.42 Å². The Kier molecular flexibility index (Phi) is 5.35. The molecule has 0 amide bonds. The molecule has 2 heterocycles. The van der Waals surface area contributed by atoms with E-state index >= 15 is 0 Å². The van der Waals surface area contributed by atoms with Gasteiger partial charge in [-0.3, -0.25) is 4.68 Å². The Labute approximate surface area is 144 Å². The zero-order valence-electron chi connectivity index (χ0n) is 14.5. The molecule has 1 aliphatic heterocycles. The van der Waals surface area contributed by atoms with Gasteiger partial charge in [0.1, 0.15) is 0 Å². The van der Waals surface area contributed by atoms with E-state index in [-0.39, 0.29) is 17.5 Å². The lowest BCUT2D eigenvalue weighted by atomic mass is 10.2. The maximum absolute atomic E-state index is 11.7. The van der Waals surface area contributed by atoms with Crippen LogP contribution in [-0.4, -0.2) is 52.8 Å². The van der Waals surface area contributed by atoms with E-state index in [1.54, 1.807) is 0 Å². The molecule has 0 radical (unpaired) electrons. The fraction of sp³-hybridized carbons (Fsp3) is 0.733. The second-order valence-corrected chi connectivity index (χ2v) is 9.23. The Morgan fingerprint density at radius 2 is 2.13 bits per heavy atom. The predicted molar refractivity (Wildman–Crippen MR) is 96.3 cm³/mol. The highest BCUT2D eigenvalue weighted by molar-refractivity contribution is 7.91. The summed E-state index contributed by atoms with van der Waals surface area (Å²) in [4.78, 5) is 1.99. The van der Waals surface area contributed by atoms with Crippen molar-refractivity contribution in [1.29, 1.82) is 0 Å². The van der Waals surface area contributed by atoms with Crippen LogP contribution in [0, 0.1) is 13.8 Å². The molecule has 1 fully saturated rings. The van der Waals surface area contributed by atoms with Gasteiger partial charge in [-0.2, -0.15) is 5.10 Å². The number of aryl methyl sites for hydroxylation is 1. The van der Waals surface area contributed by atoms with Crippen molar-refractivity contribution in [3.8, 4) is 0 Å². The highest BCUT2D eigenvalue weighted by Crippen LogP contribution is 2.27. The molecule has 6 nitrogen and oxygen atoms in total. The van der Waals surface area contributed by atoms with Crippen LogP contribution in [0.15, 0.2) is 0 Å². The van der Waals surface area contributed by atoms with E-state index in [2.05, 4.69) is 24.3 Å². The molecule has 1 saturated heterocycles. The summed E-state index contributed by atoms with van der Waals surface area (Å²) in [5.41, 5.74) is 3.08. The Balaban J connectivity index is 2.17. The summed E-state index contributed by atoms with van der Waals surface area (Å²) in [6.45, 7) is 8.74. The van der Waals surface area contributed by atoms with Gasteiger partial charge in [0.15, 0.2) is 14.9 Å². The van der Waals surface area contributed by atoms with Crippen LogP contribution in [0.25, 0.3) is 0 Å². The Morgan fingerprint density at radius 3 is 2.65 bits per heavy atom. The van der Waals surface area contributed by atoms with E-state index < -0.39 is 9.84 Å². The number of aromatic nitrogens is 2. The summed E-state index contributed by atoms with van der Waals surface area (Å²) < 4.78 is 25.3. The molecular weight excluding hydrogens is 332 g/mol. The molecule has 1 N–H and O–H groups in total. The van der Waals surface area contributed by atoms with Gasteiger partial charge in [-0.05, 0) is 46.3 Å². The first-order valence-corrected chi connectivity index (χ1v) is 10.1. The lowest BCUT2D eigenvalue weighted by Crippen LogP contribution is -2.40. The molecule has 0 aliphatic carbocycles. The number of hydrogen-bond donors (Lipinski definition) is 1. The molecule has 0 bridgehead atoms. The monoisotopic (exact) mass is 358 g/mol. The van der Waals surface area contributed by atoms with Crippen molar-refractivity contribution in [2.24, 2.45) is 0 Å². The molecule has 1 aromatic rings. The second kappa shape index (κ2) is 6.76. The minimum absolute atomic E-state index is 0.0431. The first-order chi connectivity index (χ1) is 10.6. The highest BCUT2D eigenvalue weighted by atomic mass is 32.2. The number of nitrogens with zero attached hydrogens (tertiary/aromatic N) is 3. The summed E-state index contributed by atoms with van der Waals surface area (Å²) >= 11 is 5.39. The molecule has 0 aromatic carbocycles. The quantitative estimate of drug-likeness (QED) is 0.824. The molecule has 0 unspecified atom stereocenters. The van der Waals surface area contributed by atoms with Crippen LogP contribution in [0.5, 0.6) is 0 Å². The fourth-order valence-electron chi connectivity index (χ4n) is 2.92. The van der Waals surface area contributed by atoms with E-state index in [1.807, 2.05) is 30.5 Å². The Morgan fingerprint density at radius 1 is 1.48 bits per heavy atom. The number of sulfone groups is 1. The first-order valence-electron chi connectivity index (χ1n) is 7.87. The third-order valence-corrected chi connectivity index (χ3v) is 6.36. The average Bonchev–Trinajstić information content (AvgIpc) is 2.91. The number of nitrogens with one attached hydrogen (secondary N) is 1. The van der Waals surface area contributed by atoms with E-state index in [4.69, 9.17) is 12.2 Å². The van der Waals surface area contributed by atoms with Crippen LogP contribution in [0.4, 0.5) is 0 Å². The number of thiocarbonyl (C=S) groups is 1. The molecule has 1 atom stereocenters. The van der Waals surface area contributed by atoms with E-state index in [0.29, 0.717) is 24.1 Å². The lowest BCUT2D eigenvalue weighted by Gasteiger charge is -2.23. The number of hydrogen-bond acceptors (Lipinski definition) is 4. The molecule has 130 valence electrons. The van der Waals surface area contributed by atoms with Gasteiger partial charge >= 0.3 is 0 Å². The second-order valence-electron chi connectivity index (χ2n) is 6.61. The van der Waals surface area contributed by atoms with Gasteiger partial charge in [0, 0.05) is 30.9 Å². The average molecular weight is 359 g/mol. The van der Waals surface area contributed by atoms with Crippen molar-refractivity contribution in [2.75, 3.05) is 18.6 Å². The Hall–Kier alpha value is -1.15. The maximum atomic E-state index is 11.7. The van der Waals surface area contributed by atoms with Gasteiger partial charge in [-0.1, -0.05) is 0 Å². The van der Waals surface area contributed by atoms with Crippen molar-refractivity contribution in [3.63, 3.8) is 0 Å². The van der Waals surface area contributed by atoms with Gasteiger partial charge in [0.2, 0.25) is 0 Å². The molecule has 2 rings (SSSR count). The normalized spacial score (nSPS) is 20.0. The van der Waals surface area contributed by atoms with Gasteiger partial charge in [0.25, 0.3) is 0 Å². The molecule has 0 saturated carbocycles. The third-order valence-electron chi connectivity index (χ3n) is 4.18. The van der Waals surface area contributed by atoms with Gasteiger partial charge in [0.05, 0.1) is 23.2 Å². The fourth-order valence-corrected chi connectivity index (χ4v) is 4.91. The lowest BCUT2D eigenvalue weighted by molar-refractivity contribution is 0.470. The highest BCUT2D eigenvalue weighted by Gasteiger charge is 2.31. The van der Waals surface area contributed by atoms with Gasteiger partial charge in [-0.25, -0.2) is 8.42 Å². The third kappa shape index (κ3) is 4.23. The summed E-state index contributed by atoms with van der Waals surface area (Å²) in [5, 5.41) is 8.52. The van der Waals surface area contributed by atoms with Crippen molar-refractivity contribution in [2.45, 2.75) is 52.7 Å². The van der Waals surface area contributed by atoms with E-state index in [9.17, 15) is 8.42 Å². The SMILES string of the molecule is Cc1nn([C@@H]2CCS(=O)(=O)C2)c(C)c1CN(C)C(=S)NC(C)C. The summed E-state index contributed by atoms with van der Waals surface area (Å²) in [6, 6.07) is 0.247. The molecule has 0 spiro atoms. The molecular formula is C15H26N4O2S2. The number of rotatable bonds is 4. The van der Waals surface area contributed by atoms with Crippen LogP contribution in [-0.2, 0) is 16.4 Å². The van der Waals surface area contributed by atoms with Crippen LogP contribution in [0.1, 0.15) is 43.3 Å². The largest absolute Gasteiger partial charge is 0.360 e. The molecule has 1 aromatic heterocycles. The zero-order chi connectivity index (χ0) is 17.4. The van der Waals surface area contributed by atoms with Crippen LogP contribution in [0.3, 0.4) is 0 Å². The van der Waals surface area contributed by atoms with E-state index in [1.165, 1.54) is 0 Å². The Bertz CT molecular complexity index is 695. The van der Waals surface area contributed by atoms with Crippen LogP contribution in [0.2, 0.25) is 0 Å². The van der Waals surface area contributed by atoms with Crippen molar-refractivity contribution in [3.05, 3.63) is 17.0 Å². The summed E-state index contributed by atoms with van der Waals surface area (Å²) in [5.74, 6) is 0.450. The minimum Gasteiger partial charge on any atom is -0.360 e. The van der Waals surface area contributed by atoms with Crippen LogP contribution < -0.4 is 5.32 Å². The van der Waals surface area contributed by atoms with Gasteiger partial charge in [-0.15, -0.1) is 0 Å². The summed E-state index contributed by atoms with van der Waals surface area (Å²) in [7, 11) is -0.964. The zero-order valence-corrected chi connectivity index (χ0v) is 16.1. The van der Waals surface area contributed by atoms with Crippen molar-refractivity contribution in [1.82, 2.24) is 20.0 Å². The molecule has 23 heavy (non-hydrogen) atoms. The smallest absolute Gasteiger partial charge is 0.169 e. The van der Waals surface area contributed by atoms with Crippen LogP contribution >= 0.6 is 12.2 Å². The minimum atomic E-state index is -2.92. The molecule has 1 aliphatic rings. The molecule has 8 heteroatoms.